The van der Waals surface area contributed by atoms with E-state index in [2.05, 4.69) is 17.3 Å². The Bertz CT molecular complexity index is 382. The van der Waals surface area contributed by atoms with Crippen LogP contribution in [0.15, 0.2) is 24.3 Å². The predicted molar refractivity (Wildman–Crippen MR) is 76.1 cm³/mol. The fourth-order valence-corrected chi connectivity index (χ4v) is 2.86. The number of hydrogen-bond donors (Lipinski definition) is 1. The van der Waals surface area contributed by atoms with Crippen molar-refractivity contribution in [3.05, 3.63) is 30.1 Å². The van der Waals surface area contributed by atoms with Crippen molar-refractivity contribution in [1.82, 2.24) is 5.32 Å². The van der Waals surface area contributed by atoms with Crippen LogP contribution in [0.5, 0.6) is 0 Å². The molecule has 1 aliphatic rings. The molecule has 0 amide bonds. The maximum Gasteiger partial charge on any atom is 0.123 e. The molecule has 106 valence electrons. The normalized spacial score (nSPS) is 18.3. The van der Waals surface area contributed by atoms with Crippen LogP contribution < -0.4 is 10.2 Å². The zero-order chi connectivity index (χ0) is 13.7. The smallest absolute Gasteiger partial charge is 0.123 e. The minimum absolute atomic E-state index is 0.187. The average molecular weight is 266 g/mol. The molecule has 0 aromatic heterocycles. The van der Waals surface area contributed by atoms with E-state index < -0.39 is 0 Å². The molecule has 0 radical (unpaired) electrons. The number of anilines is 1. The molecule has 0 atom stereocenters. The van der Waals surface area contributed by atoms with Gasteiger partial charge in [-0.1, -0.05) is 0 Å². The lowest BCUT2D eigenvalue weighted by atomic mass is 9.79. The molecule has 0 unspecified atom stereocenters. The molecule has 1 aliphatic heterocycles. The first-order valence-corrected chi connectivity index (χ1v) is 6.84. The van der Waals surface area contributed by atoms with Gasteiger partial charge in [0.25, 0.3) is 0 Å². The second-order valence-electron chi connectivity index (χ2n) is 5.48. The summed E-state index contributed by atoms with van der Waals surface area (Å²) in [6.45, 7) is 3.61. The summed E-state index contributed by atoms with van der Waals surface area (Å²) in [5, 5.41) is 3.30. The Hall–Kier alpha value is -1.13. The highest BCUT2D eigenvalue weighted by Crippen LogP contribution is 2.32. The fraction of sp³-hybridized carbons (Fsp3) is 0.600. The van der Waals surface area contributed by atoms with E-state index in [4.69, 9.17) is 4.74 Å². The molecule has 3 nitrogen and oxygen atoms in total. The molecule has 19 heavy (non-hydrogen) atoms. The molecule has 0 bridgehead atoms. The third-order valence-electron chi connectivity index (χ3n) is 3.95. The van der Waals surface area contributed by atoms with Gasteiger partial charge in [0.1, 0.15) is 5.82 Å². The SMILES string of the molecule is CNCC1(CN(C)c2ccc(F)cc2)CCOCC1. The average Bonchev–Trinajstić information content (AvgIpc) is 2.40. The van der Waals surface area contributed by atoms with Gasteiger partial charge in [0.2, 0.25) is 0 Å². The van der Waals surface area contributed by atoms with E-state index in [-0.39, 0.29) is 11.2 Å². The molecule has 1 aromatic rings. The van der Waals surface area contributed by atoms with E-state index in [0.717, 1.165) is 44.8 Å². The van der Waals surface area contributed by atoms with Crippen molar-refractivity contribution in [3.8, 4) is 0 Å². The van der Waals surface area contributed by atoms with Crippen LogP contribution in [0.25, 0.3) is 0 Å². The number of nitrogens with one attached hydrogen (secondary N) is 1. The van der Waals surface area contributed by atoms with Gasteiger partial charge in [-0.15, -0.1) is 0 Å². The molecule has 4 heteroatoms. The number of nitrogens with zero attached hydrogens (tertiary/aromatic N) is 1. The Kier molecular flexibility index (Phi) is 4.77. The Balaban J connectivity index is 2.05. The van der Waals surface area contributed by atoms with E-state index in [0.29, 0.717) is 0 Å². The topological polar surface area (TPSA) is 24.5 Å². The van der Waals surface area contributed by atoms with Gasteiger partial charge < -0.3 is 15.0 Å². The van der Waals surface area contributed by atoms with Crippen LogP contribution in [0.3, 0.4) is 0 Å². The van der Waals surface area contributed by atoms with E-state index in [1.54, 1.807) is 0 Å². The van der Waals surface area contributed by atoms with Gasteiger partial charge in [-0.2, -0.15) is 0 Å². The van der Waals surface area contributed by atoms with Crippen molar-refractivity contribution >= 4 is 5.69 Å². The Morgan fingerprint density at radius 3 is 2.47 bits per heavy atom. The number of ether oxygens (including phenoxy) is 1. The van der Waals surface area contributed by atoms with Crippen molar-refractivity contribution in [3.63, 3.8) is 0 Å². The molecular formula is C15H23FN2O. The Morgan fingerprint density at radius 1 is 1.26 bits per heavy atom. The minimum Gasteiger partial charge on any atom is -0.381 e. The molecule has 1 fully saturated rings. The van der Waals surface area contributed by atoms with Gasteiger partial charge in [0, 0.05) is 44.5 Å². The van der Waals surface area contributed by atoms with Crippen LogP contribution in [0.4, 0.5) is 10.1 Å². The summed E-state index contributed by atoms with van der Waals surface area (Å²) in [4.78, 5) is 2.21. The van der Waals surface area contributed by atoms with Crippen molar-refractivity contribution in [2.45, 2.75) is 12.8 Å². The summed E-state index contributed by atoms with van der Waals surface area (Å²) in [7, 11) is 4.06. The lowest BCUT2D eigenvalue weighted by Crippen LogP contribution is -2.46. The monoisotopic (exact) mass is 266 g/mol. The summed E-state index contributed by atoms with van der Waals surface area (Å²) in [5.41, 5.74) is 1.30. The summed E-state index contributed by atoms with van der Waals surface area (Å²) in [6, 6.07) is 6.70. The van der Waals surface area contributed by atoms with E-state index in [9.17, 15) is 4.39 Å². The second-order valence-corrected chi connectivity index (χ2v) is 5.48. The molecule has 1 saturated heterocycles. The molecule has 1 aromatic carbocycles. The molecule has 0 aliphatic carbocycles. The first-order valence-electron chi connectivity index (χ1n) is 6.84. The molecule has 1 heterocycles. The fourth-order valence-electron chi connectivity index (χ4n) is 2.86. The third kappa shape index (κ3) is 3.67. The molecule has 0 saturated carbocycles. The number of rotatable bonds is 5. The van der Waals surface area contributed by atoms with Crippen LogP contribution in [0, 0.1) is 11.2 Å². The summed E-state index contributed by atoms with van der Waals surface area (Å²) in [6.07, 6.45) is 2.14. The van der Waals surface area contributed by atoms with Gasteiger partial charge in [-0.05, 0) is 44.2 Å². The van der Waals surface area contributed by atoms with Crippen LogP contribution in [0.2, 0.25) is 0 Å². The number of hydrogen-bond acceptors (Lipinski definition) is 3. The van der Waals surface area contributed by atoms with Crippen molar-refractivity contribution in [2.24, 2.45) is 5.41 Å². The highest BCUT2D eigenvalue weighted by molar-refractivity contribution is 5.45. The van der Waals surface area contributed by atoms with Crippen LogP contribution in [-0.4, -0.2) is 40.4 Å². The maximum atomic E-state index is 13.0. The second kappa shape index (κ2) is 6.35. The standard InChI is InChI=1S/C15H23FN2O/c1-17-11-15(7-9-19-10-8-15)12-18(2)14-5-3-13(16)4-6-14/h3-6,17H,7-12H2,1-2H3. The van der Waals surface area contributed by atoms with Gasteiger partial charge in [-0.3, -0.25) is 0 Å². The van der Waals surface area contributed by atoms with Crippen molar-refractivity contribution < 1.29 is 9.13 Å². The highest BCUT2D eigenvalue weighted by atomic mass is 19.1. The van der Waals surface area contributed by atoms with Crippen LogP contribution >= 0.6 is 0 Å². The summed E-state index contributed by atoms with van der Waals surface area (Å²) >= 11 is 0. The van der Waals surface area contributed by atoms with Crippen LogP contribution in [0.1, 0.15) is 12.8 Å². The summed E-state index contributed by atoms with van der Waals surface area (Å²) in [5.74, 6) is -0.187. The van der Waals surface area contributed by atoms with Crippen molar-refractivity contribution in [2.75, 3.05) is 45.3 Å². The molecular weight excluding hydrogens is 243 g/mol. The van der Waals surface area contributed by atoms with E-state index in [1.165, 1.54) is 12.1 Å². The number of halogens is 1. The molecule has 1 N–H and O–H groups in total. The third-order valence-corrected chi connectivity index (χ3v) is 3.95. The zero-order valence-electron chi connectivity index (χ0n) is 11.8. The highest BCUT2D eigenvalue weighted by Gasteiger charge is 2.33. The maximum absolute atomic E-state index is 13.0. The predicted octanol–water partition coefficient (Wildman–Crippen LogP) is 2.28. The first-order chi connectivity index (χ1) is 9.15. The van der Waals surface area contributed by atoms with Gasteiger partial charge in [0.15, 0.2) is 0 Å². The van der Waals surface area contributed by atoms with Gasteiger partial charge >= 0.3 is 0 Å². The number of benzene rings is 1. The largest absolute Gasteiger partial charge is 0.381 e. The molecule has 2 rings (SSSR count). The lowest BCUT2D eigenvalue weighted by Gasteiger charge is -2.40. The van der Waals surface area contributed by atoms with E-state index >= 15 is 0 Å². The minimum atomic E-state index is -0.187. The first kappa shape index (κ1) is 14.3. The molecule has 0 spiro atoms. The quantitative estimate of drug-likeness (QED) is 0.885. The van der Waals surface area contributed by atoms with E-state index in [1.807, 2.05) is 19.2 Å². The lowest BCUT2D eigenvalue weighted by molar-refractivity contribution is 0.0197. The van der Waals surface area contributed by atoms with Gasteiger partial charge in [0.05, 0.1) is 0 Å². The summed E-state index contributed by atoms with van der Waals surface area (Å²) < 4.78 is 18.4. The zero-order valence-corrected chi connectivity index (χ0v) is 11.8. The Labute approximate surface area is 114 Å². The Morgan fingerprint density at radius 2 is 1.89 bits per heavy atom. The van der Waals surface area contributed by atoms with Crippen LogP contribution in [-0.2, 0) is 4.74 Å². The van der Waals surface area contributed by atoms with Gasteiger partial charge in [-0.25, -0.2) is 4.39 Å². The van der Waals surface area contributed by atoms with Crippen molar-refractivity contribution in [1.29, 1.82) is 0 Å².